The van der Waals surface area contributed by atoms with Gasteiger partial charge in [0, 0.05) is 11.6 Å². The maximum atomic E-state index is 13.8. The molecule has 0 bridgehead atoms. The largest absolute Gasteiger partial charge is 0.497 e. The maximum absolute atomic E-state index is 13.8. The number of hydrogen-bond donors (Lipinski definition) is 0. The number of hydrogen-bond acceptors (Lipinski definition) is 8. The normalized spacial score (nSPS) is 15.3. The van der Waals surface area contributed by atoms with Gasteiger partial charge in [-0.1, -0.05) is 17.4 Å². The molecule has 0 saturated heterocycles. The standard InChI is InChI=1S/C26H25BrN2O6S/c1-6-35-25(31)22-14(2)28-26-29(23(22)17-9-8-16(32-3)13-20(17)34-5)24(30)21(36-26)12-15-7-10-19(33-4)18(27)11-15/h7-13,23H,6H2,1-5H3/b21-12-. The van der Waals surface area contributed by atoms with Gasteiger partial charge in [-0.3, -0.25) is 9.36 Å². The van der Waals surface area contributed by atoms with Crippen LogP contribution in [0.15, 0.2) is 61.9 Å². The van der Waals surface area contributed by atoms with Crippen LogP contribution in [0.1, 0.15) is 31.0 Å². The van der Waals surface area contributed by atoms with E-state index < -0.39 is 12.0 Å². The smallest absolute Gasteiger partial charge is 0.338 e. The van der Waals surface area contributed by atoms with Crippen molar-refractivity contribution in [2.75, 3.05) is 27.9 Å². The molecule has 0 amide bonds. The molecule has 1 unspecified atom stereocenters. The highest BCUT2D eigenvalue weighted by Crippen LogP contribution is 2.37. The molecule has 4 rings (SSSR count). The van der Waals surface area contributed by atoms with Crippen molar-refractivity contribution in [2.45, 2.75) is 19.9 Å². The second kappa shape index (κ2) is 10.7. The highest BCUT2D eigenvalue weighted by molar-refractivity contribution is 9.10. The summed E-state index contributed by atoms with van der Waals surface area (Å²) in [5, 5.41) is 0. The van der Waals surface area contributed by atoms with Crippen LogP contribution in [0.3, 0.4) is 0 Å². The van der Waals surface area contributed by atoms with Gasteiger partial charge in [-0.2, -0.15) is 0 Å². The fourth-order valence-corrected chi connectivity index (χ4v) is 5.66. The molecule has 0 spiro atoms. The van der Waals surface area contributed by atoms with E-state index in [-0.39, 0.29) is 17.7 Å². The van der Waals surface area contributed by atoms with E-state index in [1.165, 1.54) is 23.0 Å². The lowest BCUT2D eigenvalue weighted by atomic mass is 9.95. The SMILES string of the molecule is CCOC(=O)C1=C(C)N=c2s/c(=C\c3ccc(OC)c(Br)c3)c(=O)n2C1c1ccc(OC)cc1OC. The van der Waals surface area contributed by atoms with Crippen LogP contribution in [0, 0.1) is 0 Å². The molecule has 2 heterocycles. The molecule has 188 valence electrons. The van der Waals surface area contributed by atoms with Crippen molar-refractivity contribution >= 4 is 39.3 Å². The molecule has 0 radical (unpaired) electrons. The molecule has 1 atom stereocenters. The molecular weight excluding hydrogens is 548 g/mol. The number of carbonyl (C=O) groups excluding carboxylic acids is 1. The van der Waals surface area contributed by atoms with E-state index in [4.69, 9.17) is 18.9 Å². The summed E-state index contributed by atoms with van der Waals surface area (Å²) in [5.74, 6) is 1.22. The summed E-state index contributed by atoms with van der Waals surface area (Å²) in [6, 6.07) is 10.0. The van der Waals surface area contributed by atoms with Gasteiger partial charge in [0.15, 0.2) is 4.80 Å². The molecule has 3 aromatic rings. The molecule has 1 aliphatic heterocycles. The minimum Gasteiger partial charge on any atom is -0.497 e. The summed E-state index contributed by atoms with van der Waals surface area (Å²) in [4.78, 5) is 31.9. The van der Waals surface area contributed by atoms with Crippen molar-refractivity contribution in [3.8, 4) is 17.2 Å². The van der Waals surface area contributed by atoms with Crippen LogP contribution in [0.2, 0.25) is 0 Å². The Morgan fingerprint density at radius 1 is 1.11 bits per heavy atom. The van der Waals surface area contributed by atoms with Gasteiger partial charge in [0.2, 0.25) is 0 Å². The highest BCUT2D eigenvalue weighted by Gasteiger charge is 2.35. The summed E-state index contributed by atoms with van der Waals surface area (Å²) in [7, 11) is 4.68. The number of fused-ring (bicyclic) bond motifs is 1. The van der Waals surface area contributed by atoms with Gasteiger partial charge in [-0.05, 0) is 65.7 Å². The predicted molar refractivity (Wildman–Crippen MR) is 141 cm³/mol. The van der Waals surface area contributed by atoms with E-state index >= 15 is 0 Å². The minimum atomic E-state index is -0.786. The summed E-state index contributed by atoms with van der Waals surface area (Å²) in [6.45, 7) is 3.67. The first-order valence-corrected chi connectivity index (χ1v) is 12.7. The van der Waals surface area contributed by atoms with Gasteiger partial charge in [-0.25, -0.2) is 9.79 Å². The van der Waals surface area contributed by atoms with Crippen molar-refractivity contribution in [1.29, 1.82) is 0 Å². The zero-order valence-corrected chi connectivity index (χ0v) is 22.9. The van der Waals surface area contributed by atoms with Gasteiger partial charge in [-0.15, -0.1) is 0 Å². The Balaban J connectivity index is 1.97. The summed E-state index contributed by atoms with van der Waals surface area (Å²) in [5.41, 5.74) is 1.92. The minimum absolute atomic E-state index is 0.193. The van der Waals surface area contributed by atoms with Crippen molar-refractivity contribution in [2.24, 2.45) is 4.99 Å². The van der Waals surface area contributed by atoms with Crippen LogP contribution in [0.25, 0.3) is 6.08 Å². The number of nitrogens with zero attached hydrogens (tertiary/aromatic N) is 2. The average Bonchev–Trinajstić information content (AvgIpc) is 3.17. The Hall–Kier alpha value is -3.37. The number of methoxy groups -OCH3 is 3. The third-order valence-electron chi connectivity index (χ3n) is 5.73. The first kappa shape index (κ1) is 25.7. The molecule has 2 aromatic carbocycles. The number of halogens is 1. The molecular formula is C26H25BrN2O6S. The fraction of sp³-hybridized carbons (Fsp3) is 0.269. The molecule has 8 nitrogen and oxygen atoms in total. The number of rotatable bonds is 7. The summed E-state index contributed by atoms with van der Waals surface area (Å²) in [6.07, 6.45) is 1.79. The summed E-state index contributed by atoms with van der Waals surface area (Å²) >= 11 is 4.74. The topological polar surface area (TPSA) is 88.4 Å². The number of thiazole rings is 1. The van der Waals surface area contributed by atoms with Gasteiger partial charge >= 0.3 is 5.97 Å². The molecule has 0 aliphatic carbocycles. The van der Waals surface area contributed by atoms with Crippen LogP contribution in [-0.4, -0.2) is 38.5 Å². The Kier molecular flexibility index (Phi) is 7.65. The highest BCUT2D eigenvalue weighted by atomic mass is 79.9. The number of esters is 1. The third-order valence-corrected chi connectivity index (χ3v) is 7.33. The van der Waals surface area contributed by atoms with Gasteiger partial charge in [0.05, 0.1) is 48.2 Å². The Morgan fingerprint density at radius 3 is 2.50 bits per heavy atom. The molecule has 0 N–H and O–H groups in total. The number of benzene rings is 2. The van der Waals surface area contributed by atoms with Crippen molar-refractivity contribution in [1.82, 2.24) is 4.57 Å². The zero-order chi connectivity index (χ0) is 26.0. The Bertz CT molecular complexity index is 1540. The van der Waals surface area contributed by atoms with E-state index in [1.54, 1.807) is 52.3 Å². The van der Waals surface area contributed by atoms with Gasteiger partial charge < -0.3 is 18.9 Å². The number of aromatic nitrogens is 1. The van der Waals surface area contributed by atoms with Crippen LogP contribution < -0.4 is 29.1 Å². The van der Waals surface area contributed by atoms with Crippen LogP contribution in [-0.2, 0) is 9.53 Å². The second-order valence-electron chi connectivity index (χ2n) is 7.80. The first-order chi connectivity index (χ1) is 17.3. The molecule has 1 aromatic heterocycles. The lowest BCUT2D eigenvalue weighted by molar-refractivity contribution is -0.139. The molecule has 0 saturated carbocycles. The van der Waals surface area contributed by atoms with Gasteiger partial charge in [0.25, 0.3) is 5.56 Å². The quantitative estimate of drug-likeness (QED) is 0.402. The van der Waals surface area contributed by atoms with E-state index in [0.29, 0.717) is 37.8 Å². The number of allylic oxidation sites excluding steroid dienone is 1. The van der Waals surface area contributed by atoms with Crippen LogP contribution in [0.5, 0.6) is 17.2 Å². The predicted octanol–water partition coefficient (Wildman–Crippen LogP) is 3.59. The lowest BCUT2D eigenvalue weighted by Gasteiger charge is -2.26. The lowest BCUT2D eigenvalue weighted by Crippen LogP contribution is -2.40. The van der Waals surface area contributed by atoms with Gasteiger partial charge in [0.1, 0.15) is 23.3 Å². The van der Waals surface area contributed by atoms with Crippen LogP contribution >= 0.6 is 27.3 Å². The van der Waals surface area contributed by atoms with E-state index in [0.717, 1.165) is 10.0 Å². The first-order valence-electron chi connectivity index (χ1n) is 11.1. The Labute approximate surface area is 220 Å². The molecule has 36 heavy (non-hydrogen) atoms. The molecule has 0 fully saturated rings. The fourth-order valence-electron chi connectivity index (χ4n) is 4.05. The monoisotopic (exact) mass is 572 g/mol. The van der Waals surface area contributed by atoms with Crippen molar-refractivity contribution < 1.29 is 23.7 Å². The molecule has 10 heteroatoms. The van der Waals surface area contributed by atoms with E-state index in [1.807, 2.05) is 18.2 Å². The van der Waals surface area contributed by atoms with Crippen molar-refractivity contribution in [3.05, 3.63) is 83.0 Å². The van der Waals surface area contributed by atoms with Crippen LogP contribution in [0.4, 0.5) is 0 Å². The Morgan fingerprint density at radius 2 is 1.86 bits per heavy atom. The third kappa shape index (κ3) is 4.70. The summed E-state index contributed by atoms with van der Waals surface area (Å²) < 4.78 is 24.4. The number of carbonyl (C=O) groups is 1. The van der Waals surface area contributed by atoms with E-state index in [9.17, 15) is 9.59 Å². The second-order valence-corrected chi connectivity index (χ2v) is 9.67. The average molecular weight is 573 g/mol. The number of ether oxygens (including phenoxy) is 4. The zero-order valence-electron chi connectivity index (χ0n) is 20.5. The maximum Gasteiger partial charge on any atom is 0.338 e. The molecule has 1 aliphatic rings. The van der Waals surface area contributed by atoms with Crippen molar-refractivity contribution in [3.63, 3.8) is 0 Å². The van der Waals surface area contributed by atoms with E-state index in [2.05, 4.69) is 20.9 Å².